The zero-order valence-electron chi connectivity index (χ0n) is 22.0. The van der Waals surface area contributed by atoms with Gasteiger partial charge in [0.05, 0.1) is 18.0 Å². The van der Waals surface area contributed by atoms with Gasteiger partial charge in [-0.15, -0.1) is 4.59 Å². The number of halogens is 1. The van der Waals surface area contributed by atoms with Crippen LogP contribution in [0.1, 0.15) is 61.0 Å². The average molecular weight is 529 g/mol. The van der Waals surface area contributed by atoms with Crippen molar-refractivity contribution in [2.24, 2.45) is 21.7 Å². The maximum absolute atomic E-state index is 14.3. The third kappa shape index (κ3) is 4.49. The molecule has 39 heavy (non-hydrogen) atoms. The van der Waals surface area contributed by atoms with E-state index in [1.54, 1.807) is 36.8 Å². The Morgan fingerprint density at radius 2 is 1.97 bits per heavy atom. The van der Waals surface area contributed by atoms with Gasteiger partial charge in [-0.05, 0) is 75.1 Å². The first-order valence-electron chi connectivity index (χ1n) is 13.2. The number of allylic oxidation sites excluding steroid dienone is 1. The number of nitrogens with one attached hydrogen (secondary N) is 1. The largest absolute Gasteiger partial charge is 0.339 e. The number of alkyl halides is 1. The molecule has 4 aliphatic rings. The second-order valence-electron chi connectivity index (χ2n) is 11.0. The number of aromatic nitrogens is 1. The zero-order chi connectivity index (χ0) is 27.4. The highest BCUT2D eigenvalue weighted by molar-refractivity contribution is 6.05. The molecular formula is C29H31FN7O2+. The van der Waals surface area contributed by atoms with Crippen LogP contribution in [-0.2, 0) is 10.5 Å². The maximum Gasteiger partial charge on any atom is 0.264 e. The molecule has 3 atom stereocenters. The lowest BCUT2D eigenvalue weighted by Gasteiger charge is -2.35. The molecule has 2 amide bonds. The molecule has 200 valence electrons. The van der Waals surface area contributed by atoms with E-state index in [0.717, 1.165) is 36.2 Å². The summed E-state index contributed by atoms with van der Waals surface area (Å²) in [7, 11) is 0. The first-order chi connectivity index (χ1) is 18.6. The van der Waals surface area contributed by atoms with Gasteiger partial charge in [0.1, 0.15) is 23.4 Å². The van der Waals surface area contributed by atoms with Gasteiger partial charge in [0, 0.05) is 36.7 Å². The van der Waals surface area contributed by atoms with Crippen molar-refractivity contribution in [1.29, 1.82) is 0 Å². The summed E-state index contributed by atoms with van der Waals surface area (Å²) in [6.07, 6.45) is 10.1. The highest BCUT2D eigenvalue weighted by Crippen LogP contribution is 2.40. The predicted octanol–water partition coefficient (Wildman–Crippen LogP) is 4.16. The van der Waals surface area contributed by atoms with Crippen LogP contribution in [0.2, 0.25) is 0 Å². The van der Waals surface area contributed by atoms with Gasteiger partial charge in [-0.2, -0.15) is 10.8 Å². The van der Waals surface area contributed by atoms with Gasteiger partial charge in [0.15, 0.2) is 0 Å². The Labute approximate surface area is 226 Å². The number of pyridine rings is 1. The smallest absolute Gasteiger partial charge is 0.264 e. The molecule has 2 saturated heterocycles. The quantitative estimate of drug-likeness (QED) is 0.448. The number of benzene rings is 1. The van der Waals surface area contributed by atoms with E-state index < -0.39 is 5.67 Å². The van der Waals surface area contributed by atoms with E-state index >= 15 is 0 Å². The van der Waals surface area contributed by atoms with Crippen molar-refractivity contribution in [2.75, 3.05) is 11.9 Å². The Balaban J connectivity index is 1.24. The van der Waals surface area contributed by atoms with E-state index in [9.17, 15) is 14.0 Å². The summed E-state index contributed by atoms with van der Waals surface area (Å²) in [6, 6.07) is 10.5. The number of amides is 2. The van der Waals surface area contributed by atoms with Crippen LogP contribution >= 0.6 is 0 Å². The van der Waals surface area contributed by atoms with Crippen molar-refractivity contribution < 1.29 is 18.6 Å². The number of nitrogens with zero attached hydrogens (tertiary/aromatic N) is 5. The summed E-state index contributed by atoms with van der Waals surface area (Å²) >= 11 is 0. The molecule has 0 aliphatic carbocycles. The van der Waals surface area contributed by atoms with Crippen LogP contribution in [0.15, 0.2) is 76.4 Å². The molecule has 3 N–H and O–H groups in total. The second kappa shape index (κ2) is 9.32. The average Bonchev–Trinajstić information content (AvgIpc) is 3.45. The molecule has 1 aromatic heterocycles. The Bertz CT molecular complexity index is 1470. The van der Waals surface area contributed by atoms with E-state index in [1.165, 1.54) is 26.1 Å². The van der Waals surface area contributed by atoms with Crippen LogP contribution in [0.5, 0.6) is 0 Å². The molecule has 5 heterocycles. The third-order valence-corrected chi connectivity index (χ3v) is 8.02. The van der Waals surface area contributed by atoms with Gasteiger partial charge < -0.3 is 10.2 Å². The number of piperidine rings is 1. The minimum atomic E-state index is -1.55. The van der Waals surface area contributed by atoms with Crippen LogP contribution in [0.25, 0.3) is 0 Å². The monoisotopic (exact) mass is 528 g/mol. The highest BCUT2D eigenvalue weighted by atomic mass is 19.1. The van der Waals surface area contributed by atoms with Gasteiger partial charge >= 0.3 is 0 Å². The molecule has 0 bridgehead atoms. The van der Waals surface area contributed by atoms with Crippen LogP contribution in [0.4, 0.5) is 10.2 Å². The fourth-order valence-electron chi connectivity index (χ4n) is 5.82. The summed E-state index contributed by atoms with van der Waals surface area (Å²) in [5.41, 5.74) is 1.73. The third-order valence-electron chi connectivity index (χ3n) is 8.02. The molecule has 4 aliphatic heterocycles. The molecular weight excluding hydrogens is 497 g/mol. The Morgan fingerprint density at radius 1 is 1.18 bits per heavy atom. The van der Waals surface area contributed by atoms with E-state index in [1.807, 2.05) is 17.0 Å². The number of hydrogen-bond acceptors (Lipinski definition) is 6. The maximum atomic E-state index is 14.3. The first-order valence-corrected chi connectivity index (χ1v) is 13.2. The number of anilines is 1. The van der Waals surface area contributed by atoms with E-state index in [-0.39, 0.29) is 28.1 Å². The van der Waals surface area contributed by atoms with Crippen molar-refractivity contribution in [3.8, 4) is 0 Å². The van der Waals surface area contributed by atoms with Crippen molar-refractivity contribution in [3.63, 3.8) is 0 Å². The summed E-state index contributed by atoms with van der Waals surface area (Å²) in [5, 5.41) is 2.74. The number of fused-ring (bicyclic) bond motifs is 2. The number of carbonyl (C=O) groups is 2. The van der Waals surface area contributed by atoms with Crippen molar-refractivity contribution in [3.05, 3.63) is 83.1 Å². The number of aliphatic imine (C=N–C) groups is 2. The first kappa shape index (κ1) is 25.3. The Hall–Kier alpha value is -4.02. The molecule has 1 aromatic carbocycles. The minimum Gasteiger partial charge on any atom is -0.339 e. The summed E-state index contributed by atoms with van der Waals surface area (Å²) < 4.78 is 14.2. The van der Waals surface area contributed by atoms with Crippen molar-refractivity contribution in [1.82, 2.24) is 9.88 Å². The predicted molar refractivity (Wildman–Crippen MR) is 146 cm³/mol. The Morgan fingerprint density at radius 3 is 2.74 bits per heavy atom. The van der Waals surface area contributed by atoms with E-state index in [2.05, 4.69) is 15.3 Å². The van der Waals surface area contributed by atoms with Gasteiger partial charge in [0.2, 0.25) is 11.6 Å². The normalized spacial score (nSPS) is 26.0. The van der Waals surface area contributed by atoms with Crippen LogP contribution < -0.4 is 11.2 Å². The van der Waals surface area contributed by atoms with Gasteiger partial charge in [-0.1, -0.05) is 0 Å². The Kier molecular flexibility index (Phi) is 6.04. The number of nitrogens with two attached hydrogens (primary N) is 1. The summed E-state index contributed by atoms with van der Waals surface area (Å²) in [5.74, 6) is 7.74. The van der Waals surface area contributed by atoms with Gasteiger partial charge in [-0.3, -0.25) is 14.6 Å². The van der Waals surface area contributed by atoms with Crippen LogP contribution in [0, 0.1) is 5.92 Å². The summed E-state index contributed by atoms with van der Waals surface area (Å²) in [4.78, 5) is 40.8. The molecule has 0 radical (unpaired) electrons. The molecule has 0 spiro atoms. The fraction of sp³-hybridized carbons (Fsp3) is 0.345. The standard InChI is InChI=1S/C29H30FN7O2/c1-29(2,30)21-11-12-33-24(15-21)34-28(39)19-5-3-18(4-6-19)27-35-26(23-16-32-13-14-37(23,27)31)20-7-8-22-9-10-25(38)36(22)17-20/h3-6,11-16,20,22H,7-10,17,31H2,1-2H3/p+1/t20-,22+,37?/m1/s1. The van der Waals surface area contributed by atoms with Gasteiger partial charge in [0.25, 0.3) is 11.7 Å². The topological polar surface area (TPSA) is 113 Å². The second-order valence-corrected chi connectivity index (χ2v) is 11.0. The lowest BCUT2D eigenvalue weighted by Crippen LogP contribution is -2.53. The molecule has 2 fully saturated rings. The number of rotatable bonds is 5. The van der Waals surface area contributed by atoms with Crippen LogP contribution in [0.3, 0.4) is 0 Å². The van der Waals surface area contributed by atoms with E-state index in [4.69, 9.17) is 10.8 Å². The SMILES string of the molecule is CC(C)(F)c1ccnc(NC(=O)c2ccc(C3=NC([C@@H]4CC[C@H]5CCC(=O)N5C4)=C4C=NC=C[N+]34N)cc2)c1. The number of amidine groups is 1. The molecule has 2 aromatic rings. The number of quaternary nitrogens is 1. The minimum absolute atomic E-state index is 0.0809. The molecule has 1 unspecified atom stereocenters. The van der Waals surface area contributed by atoms with E-state index in [0.29, 0.717) is 36.0 Å². The molecule has 0 saturated carbocycles. The van der Waals surface area contributed by atoms with Gasteiger partial charge in [-0.25, -0.2) is 9.37 Å². The number of hydrogen-bond donors (Lipinski definition) is 2. The lowest BCUT2D eigenvalue weighted by molar-refractivity contribution is -0.750. The number of carbonyl (C=O) groups excluding carboxylic acids is 2. The lowest BCUT2D eigenvalue weighted by atomic mass is 9.90. The van der Waals surface area contributed by atoms with Crippen LogP contribution in [-0.4, -0.2) is 50.9 Å². The molecule has 6 rings (SSSR count). The molecule has 10 heteroatoms. The fourth-order valence-corrected chi connectivity index (χ4v) is 5.82. The molecule has 9 nitrogen and oxygen atoms in total. The highest BCUT2D eigenvalue weighted by Gasteiger charge is 2.47. The zero-order valence-corrected chi connectivity index (χ0v) is 22.0. The van der Waals surface area contributed by atoms with Crippen molar-refractivity contribution >= 4 is 29.7 Å². The summed E-state index contributed by atoms with van der Waals surface area (Å²) in [6.45, 7) is 3.55. The van der Waals surface area contributed by atoms with Crippen molar-refractivity contribution in [2.45, 2.75) is 51.2 Å².